The van der Waals surface area contributed by atoms with Crippen LogP contribution in [0.2, 0.25) is 0 Å². The van der Waals surface area contributed by atoms with Gasteiger partial charge in [-0.25, -0.2) is 0 Å². The fourth-order valence-corrected chi connectivity index (χ4v) is 1.78. The number of hydrazine groups is 1. The third kappa shape index (κ3) is 4.93. The lowest BCUT2D eigenvalue weighted by molar-refractivity contribution is -0.0338. The van der Waals surface area contributed by atoms with E-state index in [4.69, 9.17) is 15.3 Å². The Morgan fingerprint density at radius 2 is 2.00 bits per heavy atom. The molecule has 1 saturated heterocycles. The molecule has 0 aromatic heterocycles. The quantitative estimate of drug-likeness (QED) is 0.545. The second kappa shape index (κ2) is 5.80. The summed E-state index contributed by atoms with van der Waals surface area (Å²) in [6.07, 6.45) is 2.14. The van der Waals surface area contributed by atoms with Crippen molar-refractivity contribution in [2.24, 2.45) is 11.8 Å². The summed E-state index contributed by atoms with van der Waals surface area (Å²) in [6, 6.07) is 0.244. The minimum atomic E-state index is -0.0970. The smallest absolute Gasteiger partial charge is 0.0642 e. The Bertz CT molecular complexity index is 174. The number of rotatable bonds is 4. The molecule has 0 saturated carbocycles. The Labute approximate surface area is 92.5 Å². The fraction of sp³-hybridized carbons (Fsp3) is 1.00. The number of nitrogens with two attached hydrogens (primary N) is 1. The molecule has 0 radical (unpaired) electrons. The Morgan fingerprint density at radius 3 is 2.47 bits per heavy atom. The predicted molar refractivity (Wildman–Crippen MR) is 60.4 cm³/mol. The van der Waals surface area contributed by atoms with E-state index in [9.17, 15) is 0 Å². The molecule has 1 unspecified atom stereocenters. The average Bonchev–Trinajstić information content (AvgIpc) is 2.19. The molecule has 0 amide bonds. The predicted octanol–water partition coefficient (Wildman–Crippen LogP) is 1.06. The zero-order chi connectivity index (χ0) is 11.3. The number of hydrogen-bond donors (Lipinski definition) is 2. The third-order valence-corrected chi connectivity index (χ3v) is 2.74. The van der Waals surface area contributed by atoms with Gasteiger partial charge in [-0.2, -0.15) is 0 Å². The SMILES string of the molecule is CC(C)(C)OCC(NN)C1CCOCC1. The van der Waals surface area contributed by atoms with E-state index in [1.807, 2.05) is 0 Å². The van der Waals surface area contributed by atoms with Crippen LogP contribution in [0.4, 0.5) is 0 Å². The molecule has 1 heterocycles. The molecule has 0 bridgehead atoms. The molecule has 1 rings (SSSR count). The largest absolute Gasteiger partial charge is 0.381 e. The van der Waals surface area contributed by atoms with E-state index in [0.717, 1.165) is 26.1 Å². The Morgan fingerprint density at radius 1 is 1.40 bits per heavy atom. The van der Waals surface area contributed by atoms with Gasteiger partial charge in [0.2, 0.25) is 0 Å². The maximum absolute atomic E-state index is 5.75. The fourth-order valence-electron chi connectivity index (χ4n) is 1.78. The van der Waals surface area contributed by atoms with Gasteiger partial charge in [-0.1, -0.05) is 0 Å². The minimum absolute atomic E-state index is 0.0970. The molecule has 3 N–H and O–H groups in total. The van der Waals surface area contributed by atoms with Gasteiger partial charge < -0.3 is 9.47 Å². The van der Waals surface area contributed by atoms with Crippen LogP contribution in [0.3, 0.4) is 0 Å². The molecule has 0 aromatic carbocycles. The van der Waals surface area contributed by atoms with Gasteiger partial charge >= 0.3 is 0 Å². The van der Waals surface area contributed by atoms with Crippen molar-refractivity contribution >= 4 is 0 Å². The van der Waals surface area contributed by atoms with Crippen LogP contribution >= 0.6 is 0 Å². The van der Waals surface area contributed by atoms with Gasteiger partial charge in [-0.3, -0.25) is 11.3 Å². The van der Waals surface area contributed by atoms with Gasteiger partial charge in [0, 0.05) is 19.3 Å². The second-order valence-corrected chi connectivity index (χ2v) is 5.15. The minimum Gasteiger partial charge on any atom is -0.381 e. The van der Waals surface area contributed by atoms with Crippen LogP contribution in [-0.4, -0.2) is 31.5 Å². The lowest BCUT2D eigenvalue weighted by atomic mass is 9.92. The van der Waals surface area contributed by atoms with Crippen LogP contribution in [0.1, 0.15) is 33.6 Å². The first kappa shape index (κ1) is 12.9. The summed E-state index contributed by atoms with van der Waals surface area (Å²) in [4.78, 5) is 0. The van der Waals surface area contributed by atoms with E-state index in [-0.39, 0.29) is 11.6 Å². The highest BCUT2D eigenvalue weighted by Crippen LogP contribution is 2.20. The summed E-state index contributed by atoms with van der Waals surface area (Å²) in [7, 11) is 0. The molecule has 0 aromatic rings. The van der Waals surface area contributed by atoms with Crippen molar-refractivity contribution in [3.8, 4) is 0 Å². The summed E-state index contributed by atoms with van der Waals surface area (Å²) < 4.78 is 11.1. The molecule has 1 atom stereocenters. The molecule has 0 spiro atoms. The molecule has 4 nitrogen and oxygen atoms in total. The average molecular weight is 216 g/mol. The van der Waals surface area contributed by atoms with Crippen LogP contribution in [0, 0.1) is 5.92 Å². The van der Waals surface area contributed by atoms with E-state index in [2.05, 4.69) is 26.2 Å². The van der Waals surface area contributed by atoms with Gasteiger partial charge in [-0.15, -0.1) is 0 Å². The Kier molecular flexibility index (Phi) is 4.99. The standard InChI is InChI=1S/C11H24N2O2/c1-11(2,3)15-8-10(13-12)9-4-6-14-7-5-9/h9-10,13H,4-8,12H2,1-3H3. The van der Waals surface area contributed by atoms with Crippen LogP contribution < -0.4 is 11.3 Å². The number of hydrogen-bond acceptors (Lipinski definition) is 4. The Hall–Kier alpha value is -0.160. The highest BCUT2D eigenvalue weighted by Gasteiger charge is 2.24. The van der Waals surface area contributed by atoms with Crippen LogP contribution in [0.15, 0.2) is 0 Å². The van der Waals surface area contributed by atoms with E-state index < -0.39 is 0 Å². The number of nitrogens with one attached hydrogen (secondary N) is 1. The molecular formula is C11H24N2O2. The summed E-state index contributed by atoms with van der Waals surface area (Å²) in [6.45, 7) is 8.54. The topological polar surface area (TPSA) is 56.5 Å². The van der Waals surface area contributed by atoms with Crippen molar-refractivity contribution in [3.63, 3.8) is 0 Å². The molecule has 4 heteroatoms. The van der Waals surface area contributed by atoms with Crippen LogP contribution in [-0.2, 0) is 9.47 Å². The maximum Gasteiger partial charge on any atom is 0.0642 e. The lowest BCUT2D eigenvalue weighted by Gasteiger charge is -2.31. The number of ether oxygens (including phenoxy) is 2. The molecule has 1 aliphatic rings. The first-order chi connectivity index (χ1) is 7.03. The monoisotopic (exact) mass is 216 g/mol. The summed E-state index contributed by atoms with van der Waals surface area (Å²) in [5.74, 6) is 6.14. The van der Waals surface area contributed by atoms with Crippen molar-refractivity contribution in [3.05, 3.63) is 0 Å². The van der Waals surface area contributed by atoms with Crippen molar-refractivity contribution in [1.29, 1.82) is 0 Å². The van der Waals surface area contributed by atoms with Gasteiger partial charge in [0.15, 0.2) is 0 Å². The van der Waals surface area contributed by atoms with Gasteiger partial charge in [0.25, 0.3) is 0 Å². The van der Waals surface area contributed by atoms with E-state index in [0.29, 0.717) is 12.5 Å². The van der Waals surface area contributed by atoms with Gasteiger partial charge in [0.1, 0.15) is 0 Å². The molecular weight excluding hydrogens is 192 g/mol. The first-order valence-electron chi connectivity index (χ1n) is 5.71. The van der Waals surface area contributed by atoms with Gasteiger partial charge in [-0.05, 0) is 39.5 Å². The highest BCUT2D eigenvalue weighted by molar-refractivity contribution is 4.77. The highest BCUT2D eigenvalue weighted by atomic mass is 16.5. The lowest BCUT2D eigenvalue weighted by Crippen LogP contribution is -2.47. The normalized spacial score (nSPS) is 21.6. The summed E-state index contributed by atoms with van der Waals surface area (Å²) >= 11 is 0. The van der Waals surface area contributed by atoms with E-state index in [1.165, 1.54) is 0 Å². The van der Waals surface area contributed by atoms with Crippen molar-refractivity contribution in [2.45, 2.75) is 45.3 Å². The third-order valence-electron chi connectivity index (χ3n) is 2.74. The second-order valence-electron chi connectivity index (χ2n) is 5.15. The van der Waals surface area contributed by atoms with Crippen molar-refractivity contribution in [1.82, 2.24) is 5.43 Å². The molecule has 15 heavy (non-hydrogen) atoms. The maximum atomic E-state index is 5.75. The molecule has 0 aliphatic carbocycles. The molecule has 1 fully saturated rings. The first-order valence-corrected chi connectivity index (χ1v) is 5.71. The molecule has 1 aliphatic heterocycles. The zero-order valence-corrected chi connectivity index (χ0v) is 10.1. The summed E-state index contributed by atoms with van der Waals surface area (Å²) in [5, 5.41) is 0. The van der Waals surface area contributed by atoms with Gasteiger partial charge in [0.05, 0.1) is 12.2 Å². The van der Waals surface area contributed by atoms with Crippen molar-refractivity contribution < 1.29 is 9.47 Å². The van der Waals surface area contributed by atoms with Crippen molar-refractivity contribution in [2.75, 3.05) is 19.8 Å². The summed E-state index contributed by atoms with van der Waals surface area (Å²) in [5.41, 5.74) is 2.77. The molecule has 90 valence electrons. The van der Waals surface area contributed by atoms with Crippen LogP contribution in [0.5, 0.6) is 0 Å². The van der Waals surface area contributed by atoms with Crippen LogP contribution in [0.25, 0.3) is 0 Å². The van der Waals surface area contributed by atoms with E-state index >= 15 is 0 Å². The zero-order valence-electron chi connectivity index (χ0n) is 10.1. The Balaban J connectivity index is 2.34. The van der Waals surface area contributed by atoms with E-state index in [1.54, 1.807) is 0 Å².